The van der Waals surface area contributed by atoms with Crippen molar-refractivity contribution in [2.75, 3.05) is 18.0 Å². The second kappa shape index (κ2) is 3.96. The molecule has 2 bridgehead atoms. The molecule has 3 heterocycles. The van der Waals surface area contributed by atoms with Gasteiger partial charge < -0.3 is 14.7 Å². The molecule has 0 saturated carbocycles. The number of aromatic carboxylic acids is 1. The van der Waals surface area contributed by atoms with Crippen LogP contribution in [0.4, 0.5) is 5.82 Å². The Morgan fingerprint density at radius 3 is 2.53 bits per heavy atom. The van der Waals surface area contributed by atoms with Crippen LogP contribution in [0, 0.1) is 0 Å². The molecule has 2 saturated heterocycles. The molecule has 1 aromatic rings. The van der Waals surface area contributed by atoms with Crippen molar-refractivity contribution in [1.82, 2.24) is 10.2 Å². The van der Waals surface area contributed by atoms with E-state index in [4.69, 9.17) is 9.84 Å². The average Bonchev–Trinajstić information content (AvgIpc) is 2.68. The molecular formula is C11H13N3O3. The number of hydrogen-bond acceptors (Lipinski definition) is 5. The number of anilines is 1. The quantitative estimate of drug-likeness (QED) is 0.806. The summed E-state index contributed by atoms with van der Waals surface area (Å²) in [4.78, 5) is 12.8. The number of carboxylic acids is 1. The summed E-state index contributed by atoms with van der Waals surface area (Å²) < 4.78 is 5.73. The van der Waals surface area contributed by atoms with Gasteiger partial charge in [0.1, 0.15) is 0 Å². The molecule has 0 radical (unpaired) electrons. The van der Waals surface area contributed by atoms with Gasteiger partial charge in [-0.3, -0.25) is 0 Å². The lowest BCUT2D eigenvalue weighted by Crippen LogP contribution is -2.43. The first-order valence-corrected chi connectivity index (χ1v) is 5.70. The third kappa shape index (κ3) is 1.95. The number of carboxylic acid groups (broad SMARTS) is 1. The number of morpholine rings is 1. The lowest BCUT2D eigenvalue weighted by atomic mass is 10.2. The van der Waals surface area contributed by atoms with Crippen LogP contribution < -0.4 is 4.90 Å². The largest absolute Gasteiger partial charge is 0.476 e. The molecule has 2 atom stereocenters. The van der Waals surface area contributed by atoms with Crippen molar-refractivity contribution < 1.29 is 14.6 Å². The van der Waals surface area contributed by atoms with Crippen LogP contribution in [0.25, 0.3) is 0 Å². The molecule has 0 aliphatic carbocycles. The fourth-order valence-corrected chi connectivity index (χ4v) is 2.41. The van der Waals surface area contributed by atoms with Gasteiger partial charge in [-0.1, -0.05) is 0 Å². The van der Waals surface area contributed by atoms with Gasteiger partial charge in [0.15, 0.2) is 11.5 Å². The van der Waals surface area contributed by atoms with Gasteiger partial charge >= 0.3 is 5.97 Å². The molecule has 6 nitrogen and oxygen atoms in total. The van der Waals surface area contributed by atoms with Crippen molar-refractivity contribution in [3.05, 3.63) is 17.8 Å². The van der Waals surface area contributed by atoms with Crippen LogP contribution in [0.2, 0.25) is 0 Å². The van der Waals surface area contributed by atoms with Gasteiger partial charge in [0.05, 0.1) is 12.2 Å². The van der Waals surface area contributed by atoms with E-state index in [1.807, 2.05) is 0 Å². The van der Waals surface area contributed by atoms with E-state index in [1.54, 1.807) is 6.07 Å². The highest BCUT2D eigenvalue weighted by atomic mass is 16.5. The minimum absolute atomic E-state index is 0.0232. The van der Waals surface area contributed by atoms with Crippen LogP contribution in [0.5, 0.6) is 0 Å². The van der Waals surface area contributed by atoms with Crippen LogP contribution in [0.15, 0.2) is 12.1 Å². The predicted molar refractivity (Wildman–Crippen MR) is 59.1 cm³/mol. The first kappa shape index (κ1) is 10.5. The maximum absolute atomic E-state index is 10.7. The van der Waals surface area contributed by atoms with Crippen LogP contribution in [-0.4, -0.2) is 46.6 Å². The van der Waals surface area contributed by atoms with Crippen molar-refractivity contribution in [3.8, 4) is 0 Å². The summed E-state index contributed by atoms with van der Waals surface area (Å²) in [5, 5.41) is 16.4. The van der Waals surface area contributed by atoms with Gasteiger partial charge in [-0.25, -0.2) is 4.79 Å². The summed E-state index contributed by atoms with van der Waals surface area (Å²) in [5.41, 5.74) is -0.0232. The third-order valence-corrected chi connectivity index (χ3v) is 3.24. The van der Waals surface area contributed by atoms with E-state index < -0.39 is 5.97 Å². The van der Waals surface area contributed by atoms with Crippen LogP contribution in [-0.2, 0) is 4.74 Å². The summed E-state index contributed by atoms with van der Waals surface area (Å²) >= 11 is 0. The molecule has 3 rings (SSSR count). The Labute approximate surface area is 98.2 Å². The number of rotatable bonds is 2. The van der Waals surface area contributed by atoms with Gasteiger partial charge in [-0.05, 0) is 25.0 Å². The van der Waals surface area contributed by atoms with Gasteiger partial charge in [0, 0.05) is 13.1 Å². The number of fused-ring (bicyclic) bond motifs is 2. The number of aromatic nitrogens is 2. The van der Waals surface area contributed by atoms with E-state index >= 15 is 0 Å². The van der Waals surface area contributed by atoms with Crippen molar-refractivity contribution >= 4 is 11.8 Å². The van der Waals surface area contributed by atoms with Crippen LogP contribution in [0.1, 0.15) is 23.3 Å². The van der Waals surface area contributed by atoms with Crippen LogP contribution in [0.3, 0.4) is 0 Å². The molecule has 17 heavy (non-hydrogen) atoms. The molecule has 90 valence electrons. The molecule has 0 amide bonds. The topological polar surface area (TPSA) is 75.5 Å². The van der Waals surface area contributed by atoms with Crippen molar-refractivity contribution in [1.29, 1.82) is 0 Å². The van der Waals surface area contributed by atoms with E-state index in [0.29, 0.717) is 0 Å². The summed E-state index contributed by atoms with van der Waals surface area (Å²) in [6.45, 7) is 1.63. The number of carbonyl (C=O) groups is 1. The van der Waals surface area contributed by atoms with Gasteiger partial charge in [0.2, 0.25) is 0 Å². The smallest absolute Gasteiger partial charge is 0.356 e. The van der Waals surface area contributed by atoms with Crippen LogP contribution >= 0.6 is 0 Å². The summed E-state index contributed by atoms with van der Waals surface area (Å²) in [5.74, 6) is -0.318. The zero-order chi connectivity index (χ0) is 11.8. The molecule has 2 aliphatic rings. The molecular weight excluding hydrogens is 222 g/mol. The second-order valence-electron chi connectivity index (χ2n) is 4.44. The Kier molecular flexibility index (Phi) is 2.44. The number of ether oxygens (including phenoxy) is 1. The molecule has 2 unspecified atom stereocenters. The van der Waals surface area contributed by atoms with Crippen molar-refractivity contribution in [2.45, 2.75) is 25.0 Å². The van der Waals surface area contributed by atoms with E-state index in [2.05, 4.69) is 15.1 Å². The standard InChI is InChI=1S/C11H13N3O3/c15-11(16)9-3-4-10(13-12-9)14-5-7-1-2-8(6-14)17-7/h3-4,7-8H,1-2,5-6H2,(H,15,16). The summed E-state index contributed by atoms with van der Waals surface area (Å²) in [6, 6.07) is 3.20. The van der Waals surface area contributed by atoms with Crippen molar-refractivity contribution in [2.24, 2.45) is 0 Å². The zero-order valence-corrected chi connectivity index (χ0v) is 9.24. The predicted octanol–water partition coefficient (Wildman–Crippen LogP) is 0.542. The van der Waals surface area contributed by atoms with E-state index in [0.717, 1.165) is 31.7 Å². The van der Waals surface area contributed by atoms with E-state index in [-0.39, 0.29) is 17.9 Å². The average molecular weight is 235 g/mol. The zero-order valence-electron chi connectivity index (χ0n) is 9.24. The first-order chi connectivity index (χ1) is 8.22. The molecule has 2 fully saturated rings. The normalized spacial score (nSPS) is 27.2. The lowest BCUT2D eigenvalue weighted by Gasteiger charge is -2.32. The molecule has 1 N–H and O–H groups in total. The SMILES string of the molecule is O=C(O)c1ccc(N2CC3CCC(C2)O3)nn1. The third-order valence-electron chi connectivity index (χ3n) is 3.24. The van der Waals surface area contributed by atoms with E-state index in [1.165, 1.54) is 6.07 Å². The molecule has 1 aromatic heterocycles. The molecule has 2 aliphatic heterocycles. The Morgan fingerprint density at radius 2 is 2.00 bits per heavy atom. The highest BCUT2D eigenvalue weighted by Gasteiger charge is 2.34. The lowest BCUT2D eigenvalue weighted by molar-refractivity contribution is 0.0301. The Hall–Kier alpha value is -1.69. The number of hydrogen-bond donors (Lipinski definition) is 1. The molecule has 0 aromatic carbocycles. The maximum Gasteiger partial charge on any atom is 0.356 e. The molecule has 6 heteroatoms. The fourth-order valence-electron chi connectivity index (χ4n) is 2.41. The number of nitrogens with zero attached hydrogens (tertiary/aromatic N) is 3. The summed E-state index contributed by atoms with van der Waals surface area (Å²) in [7, 11) is 0. The minimum Gasteiger partial charge on any atom is -0.476 e. The first-order valence-electron chi connectivity index (χ1n) is 5.70. The Morgan fingerprint density at radius 1 is 1.29 bits per heavy atom. The van der Waals surface area contributed by atoms with Gasteiger partial charge in [-0.2, -0.15) is 0 Å². The fraction of sp³-hybridized carbons (Fsp3) is 0.545. The monoisotopic (exact) mass is 235 g/mol. The van der Waals surface area contributed by atoms with Crippen molar-refractivity contribution in [3.63, 3.8) is 0 Å². The summed E-state index contributed by atoms with van der Waals surface area (Å²) in [6.07, 6.45) is 2.77. The second-order valence-corrected chi connectivity index (χ2v) is 4.44. The highest BCUT2D eigenvalue weighted by Crippen LogP contribution is 2.28. The maximum atomic E-state index is 10.7. The van der Waals surface area contributed by atoms with Gasteiger partial charge in [-0.15, -0.1) is 10.2 Å². The highest BCUT2D eigenvalue weighted by molar-refractivity contribution is 5.85. The van der Waals surface area contributed by atoms with Gasteiger partial charge in [0.25, 0.3) is 0 Å². The Bertz CT molecular complexity index is 422. The minimum atomic E-state index is -1.05. The molecule has 0 spiro atoms. The van der Waals surface area contributed by atoms with E-state index in [9.17, 15) is 4.79 Å². The Balaban J connectivity index is 1.78.